The third-order valence-corrected chi connectivity index (χ3v) is 4.52. The summed E-state index contributed by atoms with van der Waals surface area (Å²) < 4.78 is 1.89. The van der Waals surface area contributed by atoms with Gasteiger partial charge in [0.1, 0.15) is 6.04 Å². The Morgan fingerprint density at radius 1 is 1.17 bits per heavy atom. The highest BCUT2D eigenvalue weighted by Crippen LogP contribution is 2.20. The molecule has 0 radical (unpaired) electrons. The second-order valence-electron chi connectivity index (χ2n) is 6.53. The van der Waals surface area contributed by atoms with Crippen molar-refractivity contribution in [3.05, 3.63) is 54.4 Å². The van der Waals surface area contributed by atoms with Crippen LogP contribution in [0.3, 0.4) is 0 Å². The van der Waals surface area contributed by atoms with Gasteiger partial charge in [0.2, 0.25) is 5.91 Å². The van der Waals surface area contributed by atoms with Crippen LogP contribution in [0.4, 0.5) is 0 Å². The van der Waals surface area contributed by atoms with Crippen molar-refractivity contribution in [1.82, 2.24) is 20.0 Å². The molecule has 1 aliphatic rings. The zero-order chi connectivity index (χ0) is 16.8. The van der Waals surface area contributed by atoms with Crippen molar-refractivity contribution in [3.63, 3.8) is 0 Å². The molecule has 1 amide bonds. The van der Waals surface area contributed by atoms with Crippen molar-refractivity contribution >= 4 is 5.91 Å². The summed E-state index contributed by atoms with van der Waals surface area (Å²) in [7, 11) is 0. The predicted molar refractivity (Wildman–Crippen MR) is 94.4 cm³/mol. The van der Waals surface area contributed by atoms with Gasteiger partial charge in [-0.3, -0.25) is 14.8 Å². The highest BCUT2D eigenvalue weighted by Gasteiger charge is 2.27. The Hall–Kier alpha value is -2.14. The van der Waals surface area contributed by atoms with Crippen LogP contribution in [0.5, 0.6) is 0 Å². The van der Waals surface area contributed by atoms with E-state index in [1.54, 1.807) is 6.20 Å². The van der Waals surface area contributed by atoms with Crippen LogP contribution in [-0.2, 0) is 11.3 Å². The molecule has 1 N–H and O–H groups in total. The van der Waals surface area contributed by atoms with Crippen LogP contribution in [0.1, 0.15) is 37.8 Å². The molecule has 2 heterocycles. The van der Waals surface area contributed by atoms with Gasteiger partial charge in [0.15, 0.2) is 0 Å². The standard InChI is InChI=1S/C19H26N4O/c1-16(15-23-14-8-11-20-23)21-18(17-9-4-2-5-10-17)19(24)22-12-6-3-7-13-22/h2,4-5,8-11,14,16,18,21H,3,6-7,12-13,15H2,1H3. The fraction of sp³-hybridized carbons (Fsp3) is 0.474. The molecule has 1 saturated heterocycles. The molecule has 1 fully saturated rings. The molecule has 3 rings (SSSR count). The van der Waals surface area contributed by atoms with E-state index in [9.17, 15) is 4.79 Å². The molecule has 1 aromatic carbocycles. The number of carbonyl (C=O) groups excluding carboxylic acids is 1. The lowest BCUT2D eigenvalue weighted by atomic mass is 10.0. The van der Waals surface area contributed by atoms with Crippen LogP contribution < -0.4 is 5.32 Å². The first-order chi connectivity index (χ1) is 11.7. The number of hydrogen-bond acceptors (Lipinski definition) is 3. The topological polar surface area (TPSA) is 50.2 Å². The van der Waals surface area contributed by atoms with Crippen LogP contribution in [0, 0.1) is 0 Å². The number of amides is 1. The molecule has 1 aliphatic heterocycles. The fourth-order valence-corrected chi connectivity index (χ4v) is 3.28. The largest absolute Gasteiger partial charge is 0.341 e. The Balaban J connectivity index is 1.73. The summed E-state index contributed by atoms with van der Waals surface area (Å²) >= 11 is 0. The minimum Gasteiger partial charge on any atom is -0.341 e. The van der Waals surface area contributed by atoms with Crippen LogP contribution >= 0.6 is 0 Å². The normalized spacial score (nSPS) is 17.5. The van der Waals surface area contributed by atoms with Crippen LogP contribution in [0.15, 0.2) is 48.8 Å². The van der Waals surface area contributed by atoms with E-state index in [-0.39, 0.29) is 18.0 Å². The third kappa shape index (κ3) is 4.23. The smallest absolute Gasteiger partial charge is 0.244 e. The fourth-order valence-electron chi connectivity index (χ4n) is 3.28. The van der Waals surface area contributed by atoms with Gasteiger partial charge < -0.3 is 4.90 Å². The first-order valence-corrected chi connectivity index (χ1v) is 8.81. The van der Waals surface area contributed by atoms with Crippen LogP contribution in [0.25, 0.3) is 0 Å². The van der Waals surface area contributed by atoms with Gasteiger partial charge in [0.05, 0.1) is 6.54 Å². The minimum absolute atomic E-state index is 0.142. The lowest BCUT2D eigenvalue weighted by Gasteiger charge is -2.32. The van der Waals surface area contributed by atoms with Gasteiger partial charge in [0.25, 0.3) is 0 Å². The summed E-state index contributed by atoms with van der Waals surface area (Å²) in [6.45, 7) is 4.58. The summed E-state index contributed by atoms with van der Waals surface area (Å²) in [6.07, 6.45) is 7.16. The van der Waals surface area contributed by atoms with Gasteiger partial charge in [0, 0.05) is 31.5 Å². The lowest BCUT2D eigenvalue weighted by molar-refractivity contribution is -0.134. The Bertz CT molecular complexity index is 620. The van der Waals surface area contributed by atoms with Crippen molar-refractivity contribution in [2.45, 2.75) is 44.8 Å². The molecule has 2 atom stereocenters. The van der Waals surface area contributed by atoms with E-state index in [4.69, 9.17) is 0 Å². The van der Waals surface area contributed by atoms with E-state index in [1.807, 2.05) is 52.2 Å². The summed E-state index contributed by atoms with van der Waals surface area (Å²) in [5.74, 6) is 0.188. The first kappa shape index (κ1) is 16.7. The van der Waals surface area contributed by atoms with Gasteiger partial charge in [-0.05, 0) is 37.8 Å². The number of nitrogens with one attached hydrogen (secondary N) is 1. The number of aromatic nitrogens is 2. The number of benzene rings is 1. The third-order valence-electron chi connectivity index (χ3n) is 4.52. The number of likely N-dealkylation sites (tertiary alicyclic amines) is 1. The van der Waals surface area contributed by atoms with E-state index in [2.05, 4.69) is 17.3 Å². The Morgan fingerprint density at radius 2 is 1.92 bits per heavy atom. The summed E-state index contributed by atoms with van der Waals surface area (Å²) in [4.78, 5) is 15.1. The second-order valence-corrected chi connectivity index (χ2v) is 6.53. The molecule has 0 bridgehead atoms. The van der Waals surface area contributed by atoms with Gasteiger partial charge >= 0.3 is 0 Å². The molecule has 0 saturated carbocycles. The molecule has 128 valence electrons. The number of carbonyl (C=O) groups is 1. The molecular formula is C19H26N4O. The molecule has 5 nitrogen and oxygen atoms in total. The summed E-state index contributed by atoms with van der Waals surface area (Å²) in [5, 5.41) is 7.77. The number of piperidine rings is 1. The van der Waals surface area contributed by atoms with Crippen LogP contribution in [0.2, 0.25) is 0 Å². The second kappa shape index (κ2) is 8.11. The van der Waals surface area contributed by atoms with Gasteiger partial charge in [-0.1, -0.05) is 30.3 Å². The quantitative estimate of drug-likeness (QED) is 0.888. The van der Waals surface area contributed by atoms with Gasteiger partial charge in [-0.15, -0.1) is 0 Å². The van der Waals surface area contributed by atoms with Crippen molar-refractivity contribution in [3.8, 4) is 0 Å². The van der Waals surface area contributed by atoms with Crippen molar-refractivity contribution in [1.29, 1.82) is 0 Å². The van der Waals surface area contributed by atoms with Crippen LogP contribution in [-0.4, -0.2) is 39.7 Å². The zero-order valence-corrected chi connectivity index (χ0v) is 14.3. The number of nitrogens with zero attached hydrogens (tertiary/aromatic N) is 3. The Morgan fingerprint density at radius 3 is 2.58 bits per heavy atom. The number of hydrogen-bond donors (Lipinski definition) is 1. The predicted octanol–water partition coefficient (Wildman–Crippen LogP) is 2.62. The molecular weight excluding hydrogens is 300 g/mol. The SMILES string of the molecule is CC(Cn1cccn1)NC(C(=O)N1CCCCC1)c1ccccc1. The Kier molecular flexibility index (Phi) is 5.64. The maximum atomic E-state index is 13.1. The van der Waals surface area contributed by atoms with Crippen molar-refractivity contribution in [2.24, 2.45) is 0 Å². The van der Waals surface area contributed by atoms with E-state index in [0.717, 1.165) is 38.0 Å². The van der Waals surface area contributed by atoms with Gasteiger partial charge in [-0.25, -0.2) is 0 Å². The summed E-state index contributed by atoms with van der Waals surface area (Å²) in [5.41, 5.74) is 1.03. The molecule has 24 heavy (non-hydrogen) atoms. The Labute approximate surface area is 143 Å². The molecule has 2 unspecified atom stereocenters. The first-order valence-electron chi connectivity index (χ1n) is 8.81. The lowest BCUT2D eigenvalue weighted by Crippen LogP contribution is -2.46. The van der Waals surface area contributed by atoms with Crippen molar-refractivity contribution in [2.75, 3.05) is 13.1 Å². The zero-order valence-electron chi connectivity index (χ0n) is 14.3. The minimum atomic E-state index is -0.296. The van der Waals surface area contributed by atoms with E-state index < -0.39 is 0 Å². The average Bonchev–Trinajstić information content (AvgIpc) is 3.13. The van der Waals surface area contributed by atoms with E-state index in [1.165, 1.54) is 6.42 Å². The van der Waals surface area contributed by atoms with E-state index >= 15 is 0 Å². The highest BCUT2D eigenvalue weighted by atomic mass is 16.2. The molecule has 5 heteroatoms. The monoisotopic (exact) mass is 326 g/mol. The van der Waals surface area contributed by atoms with E-state index in [0.29, 0.717) is 0 Å². The maximum absolute atomic E-state index is 13.1. The van der Waals surface area contributed by atoms with Gasteiger partial charge in [-0.2, -0.15) is 5.10 Å². The molecule has 1 aromatic heterocycles. The number of rotatable bonds is 6. The van der Waals surface area contributed by atoms with Crippen molar-refractivity contribution < 1.29 is 4.79 Å². The maximum Gasteiger partial charge on any atom is 0.244 e. The average molecular weight is 326 g/mol. The molecule has 2 aromatic rings. The highest BCUT2D eigenvalue weighted by molar-refractivity contribution is 5.83. The summed E-state index contributed by atoms with van der Waals surface area (Å²) in [6, 6.07) is 11.8. The molecule has 0 aliphatic carbocycles. The molecule has 0 spiro atoms.